The predicted molar refractivity (Wildman–Crippen MR) is 64.2 cm³/mol. The van der Waals surface area contributed by atoms with E-state index >= 15 is 0 Å². The second-order valence-electron chi connectivity index (χ2n) is 4.31. The number of carbonyl (C=O) groups excluding carboxylic acids is 1. The molecule has 0 aromatic heterocycles. The van der Waals surface area contributed by atoms with Gasteiger partial charge in [-0.05, 0) is 26.2 Å². The molecule has 0 bridgehead atoms. The zero-order valence-electron chi connectivity index (χ0n) is 10.9. The molecule has 4 heteroatoms. The van der Waals surface area contributed by atoms with Crippen LogP contribution in [0.3, 0.4) is 0 Å². The fraction of sp³-hybridized carbons (Fsp3) is 0.692. The van der Waals surface area contributed by atoms with Gasteiger partial charge >= 0.3 is 11.9 Å². The van der Waals surface area contributed by atoms with Crippen LogP contribution in [-0.2, 0) is 14.3 Å². The molecule has 96 valence electrons. The van der Waals surface area contributed by atoms with Crippen LogP contribution in [0, 0.1) is 23.2 Å². The van der Waals surface area contributed by atoms with Gasteiger partial charge in [0.25, 0.3) is 0 Å². The van der Waals surface area contributed by atoms with Gasteiger partial charge in [-0.15, -0.1) is 11.8 Å². The second kappa shape index (κ2) is 6.95. The Balaban J connectivity index is 5.27. The van der Waals surface area contributed by atoms with Gasteiger partial charge in [0.05, 0.1) is 6.61 Å². The summed E-state index contributed by atoms with van der Waals surface area (Å²) in [6.45, 7) is 7.19. The first kappa shape index (κ1) is 15.5. The molecule has 0 aliphatic rings. The van der Waals surface area contributed by atoms with E-state index in [9.17, 15) is 14.7 Å². The number of esters is 1. The molecule has 0 fully saturated rings. The van der Waals surface area contributed by atoms with Crippen molar-refractivity contribution in [3.63, 3.8) is 0 Å². The average molecular weight is 240 g/mol. The van der Waals surface area contributed by atoms with Crippen molar-refractivity contribution in [2.24, 2.45) is 11.3 Å². The Kier molecular flexibility index (Phi) is 6.34. The molecule has 4 nitrogen and oxygen atoms in total. The number of aliphatic carboxylic acids is 1. The molecule has 0 spiro atoms. The zero-order chi connectivity index (χ0) is 13.5. The van der Waals surface area contributed by atoms with E-state index < -0.39 is 17.4 Å². The molecule has 0 amide bonds. The summed E-state index contributed by atoms with van der Waals surface area (Å²) in [5.74, 6) is 3.54. The van der Waals surface area contributed by atoms with Crippen molar-refractivity contribution in [1.29, 1.82) is 0 Å². The number of ether oxygens (including phenoxy) is 1. The SMILES string of the molecule is CC#CCC(CC(C)C)(C(=O)O)C(=O)OCC. The number of hydrogen-bond acceptors (Lipinski definition) is 3. The third kappa shape index (κ3) is 4.10. The highest BCUT2D eigenvalue weighted by Gasteiger charge is 2.47. The van der Waals surface area contributed by atoms with Crippen molar-refractivity contribution in [2.45, 2.75) is 40.5 Å². The Morgan fingerprint density at radius 3 is 2.35 bits per heavy atom. The lowest BCUT2D eigenvalue weighted by atomic mass is 9.77. The molecule has 0 heterocycles. The highest BCUT2D eigenvalue weighted by atomic mass is 16.5. The third-order valence-electron chi connectivity index (χ3n) is 2.40. The van der Waals surface area contributed by atoms with E-state index in [0.29, 0.717) is 0 Å². The predicted octanol–water partition coefficient (Wildman–Crippen LogP) is 2.08. The largest absolute Gasteiger partial charge is 0.480 e. The fourth-order valence-corrected chi connectivity index (χ4v) is 1.68. The van der Waals surface area contributed by atoms with Crippen LogP contribution in [-0.4, -0.2) is 23.7 Å². The van der Waals surface area contributed by atoms with E-state index in [4.69, 9.17) is 4.74 Å². The summed E-state index contributed by atoms with van der Waals surface area (Å²) >= 11 is 0. The van der Waals surface area contributed by atoms with Gasteiger partial charge in [-0.1, -0.05) is 13.8 Å². The molecule has 0 radical (unpaired) electrons. The molecule has 0 aromatic rings. The Labute approximate surface area is 102 Å². The minimum absolute atomic E-state index is 0.00412. The minimum Gasteiger partial charge on any atom is -0.480 e. The summed E-state index contributed by atoms with van der Waals surface area (Å²) < 4.78 is 4.88. The maximum atomic E-state index is 11.9. The topological polar surface area (TPSA) is 63.6 Å². The number of rotatable bonds is 6. The van der Waals surface area contributed by atoms with Gasteiger partial charge in [-0.2, -0.15) is 0 Å². The summed E-state index contributed by atoms with van der Waals surface area (Å²) in [5, 5.41) is 9.33. The summed E-state index contributed by atoms with van der Waals surface area (Å²) in [4.78, 5) is 23.3. The van der Waals surface area contributed by atoms with Crippen molar-refractivity contribution in [3.8, 4) is 11.8 Å². The molecule has 17 heavy (non-hydrogen) atoms. The lowest BCUT2D eigenvalue weighted by Crippen LogP contribution is -2.41. The van der Waals surface area contributed by atoms with Gasteiger partial charge in [0.15, 0.2) is 5.41 Å². The maximum absolute atomic E-state index is 11.9. The Hall–Kier alpha value is -1.50. The van der Waals surface area contributed by atoms with Crippen molar-refractivity contribution in [1.82, 2.24) is 0 Å². The quantitative estimate of drug-likeness (QED) is 0.438. The van der Waals surface area contributed by atoms with E-state index in [1.54, 1.807) is 13.8 Å². The van der Waals surface area contributed by atoms with Crippen LogP contribution in [0.4, 0.5) is 0 Å². The highest BCUT2D eigenvalue weighted by molar-refractivity contribution is 5.99. The van der Waals surface area contributed by atoms with E-state index in [2.05, 4.69) is 11.8 Å². The second-order valence-corrected chi connectivity index (χ2v) is 4.31. The van der Waals surface area contributed by atoms with Crippen LogP contribution in [0.5, 0.6) is 0 Å². The normalized spacial score (nSPS) is 13.5. The number of carboxylic acid groups (broad SMARTS) is 1. The maximum Gasteiger partial charge on any atom is 0.324 e. The summed E-state index contributed by atoms with van der Waals surface area (Å²) in [5.41, 5.74) is -1.53. The molecular weight excluding hydrogens is 220 g/mol. The van der Waals surface area contributed by atoms with E-state index in [1.807, 2.05) is 13.8 Å². The Bertz CT molecular complexity index is 335. The van der Waals surface area contributed by atoms with Crippen LogP contribution in [0.15, 0.2) is 0 Å². The lowest BCUT2D eigenvalue weighted by molar-refractivity contribution is -0.169. The summed E-state index contributed by atoms with van der Waals surface area (Å²) in [6, 6.07) is 0. The minimum atomic E-state index is -1.53. The lowest BCUT2D eigenvalue weighted by Gasteiger charge is -2.26. The van der Waals surface area contributed by atoms with Gasteiger partial charge < -0.3 is 9.84 Å². The van der Waals surface area contributed by atoms with Crippen LogP contribution in [0.25, 0.3) is 0 Å². The first-order valence-electron chi connectivity index (χ1n) is 5.71. The average Bonchev–Trinajstić information content (AvgIpc) is 2.23. The van der Waals surface area contributed by atoms with Crippen molar-refractivity contribution >= 4 is 11.9 Å². The molecule has 0 rings (SSSR count). The van der Waals surface area contributed by atoms with E-state index in [0.717, 1.165) is 0 Å². The Morgan fingerprint density at radius 1 is 1.41 bits per heavy atom. The van der Waals surface area contributed by atoms with Crippen molar-refractivity contribution in [3.05, 3.63) is 0 Å². The molecular formula is C13H20O4. The molecule has 0 saturated carbocycles. The molecule has 1 unspecified atom stereocenters. The zero-order valence-corrected chi connectivity index (χ0v) is 10.9. The van der Waals surface area contributed by atoms with Crippen LogP contribution >= 0.6 is 0 Å². The smallest absolute Gasteiger partial charge is 0.324 e. The molecule has 1 atom stereocenters. The van der Waals surface area contributed by atoms with Gasteiger partial charge in [0, 0.05) is 6.42 Å². The summed E-state index contributed by atoms with van der Waals surface area (Å²) in [7, 11) is 0. The number of carbonyl (C=O) groups is 2. The molecule has 0 aliphatic carbocycles. The van der Waals surface area contributed by atoms with Crippen LogP contribution < -0.4 is 0 Å². The first-order chi connectivity index (χ1) is 7.90. The third-order valence-corrected chi connectivity index (χ3v) is 2.40. The van der Waals surface area contributed by atoms with Crippen molar-refractivity contribution in [2.75, 3.05) is 6.61 Å². The van der Waals surface area contributed by atoms with Crippen molar-refractivity contribution < 1.29 is 19.4 Å². The van der Waals surface area contributed by atoms with E-state index in [1.165, 1.54) is 0 Å². The molecule has 1 N–H and O–H groups in total. The summed E-state index contributed by atoms with van der Waals surface area (Å²) in [6.07, 6.45) is 0.228. The Morgan fingerprint density at radius 2 is 2.00 bits per heavy atom. The van der Waals surface area contributed by atoms with E-state index in [-0.39, 0.29) is 25.4 Å². The molecule has 0 aliphatic heterocycles. The highest BCUT2D eigenvalue weighted by Crippen LogP contribution is 2.32. The van der Waals surface area contributed by atoms with Gasteiger partial charge in [0.1, 0.15) is 0 Å². The fourth-order valence-electron chi connectivity index (χ4n) is 1.68. The standard InChI is InChI=1S/C13H20O4/c1-5-7-8-13(11(14)15,9-10(3)4)12(16)17-6-2/h10H,6,8-9H2,1-4H3,(H,14,15). The van der Waals surface area contributed by atoms with Gasteiger partial charge in [0.2, 0.25) is 0 Å². The van der Waals surface area contributed by atoms with Crippen LogP contribution in [0.1, 0.15) is 40.5 Å². The number of hydrogen-bond donors (Lipinski definition) is 1. The molecule has 0 saturated heterocycles. The number of carboxylic acids is 1. The van der Waals surface area contributed by atoms with Gasteiger partial charge in [-0.3, -0.25) is 9.59 Å². The van der Waals surface area contributed by atoms with Gasteiger partial charge in [-0.25, -0.2) is 0 Å². The first-order valence-corrected chi connectivity index (χ1v) is 5.71. The monoisotopic (exact) mass is 240 g/mol. The molecule has 0 aromatic carbocycles. The van der Waals surface area contributed by atoms with Crippen LogP contribution in [0.2, 0.25) is 0 Å².